The van der Waals surface area contributed by atoms with Crippen LogP contribution in [0.3, 0.4) is 0 Å². The fourth-order valence-electron chi connectivity index (χ4n) is 9.64. The lowest BCUT2D eigenvalue weighted by Crippen LogP contribution is -2.53. The van der Waals surface area contributed by atoms with Crippen LogP contribution in [-0.4, -0.2) is 41.7 Å². The normalized spacial score (nSPS) is 36.0. The third-order valence-electron chi connectivity index (χ3n) is 11.9. The Kier molecular flexibility index (Phi) is 7.86. The van der Waals surface area contributed by atoms with Crippen LogP contribution in [0.2, 0.25) is 0 Å². The molecule has 6 aliphatic carbocycles. The van der Waals surface area contributed by atoms with Gasteiger partial charge in [0.05, 0.1) is 6.04 Å². The summed E-state index contributed by atoms with van der Waals surface area (Å²) in [5.74, 6) is 2.88. The predicted molar refractivity (Wildman–Crippen MR) is 176 cm³/mol. The average molecular weight is 578 g/mol. The van der Waals surface area contributed by atoms with Gasteiger partial charge in [0.15, 0.2) is 0 Å². The lowest BCUT2D eigenvalue weighted by molar-refractivity contribution is 0.0388. The molecule has 0 fully saturated rings. The zero-order chi connectivity index (χ0) is 28.8. The van der Waals surface area contributed by atoms with Crippen molar-refractivity contribution in [1.82, 2.24) is 10.2 Å². The van der Waals surface area contributed by atoms with Crippen molar-refractivity contribution in [2.24, 2.45) is 23.5 Å². The van der Waals surface area contributed by atoms with E-state index in [0.717, 1.165) is 44.6 Å². The number of allylic oxidation sites excluding steroid dienone is 9. The Bertz CT molecular complexity index is 1340. The van der Waals surface area contributed by atoms with E-state index in [2.05, 4.69) is 71.0 Å². The van der Waals surface area contributed by atoms with Gasteiger partial charge in [0.25, 0.3) is 0 Å². The second-order valence-corrected chi connectivity index (χ2v) is 14.4. The van der Waals surface area contributed by atoms with Crippen LogP contribution in [0.1, 0.15) is 89.9 Å². The van der Waals surface area contributed by atoms with E-state index in [1.54, 1.807) is 16.8 Å². The Hall–Kier alpha value is -2.56. The zero-order valence-corrected chi connectivity index (χ0v) is 25.9. The van der Waals surface area contributed by atoms with Crippen molar-refractivity contribution in [2.75, 3.05) is 6.54 Å². The van der Waals surface area contributed by atoms with Crippen molar-refractivity contribution >= 4 is 0 Å². The number of nitrogens with two attached hydrogens (primary N) is 1. The van der Waals surface area contributed by atoms with Gasteiger partial charge in [0.1, 0.15) is 11.9 Å². The Morgan fingerprint density at radius 3 is 2.65 bits per heavy atom. The number of hydrogen-bond donors (Lipinski definition) is 2. The maximum absolute atomic E-state index is 7.25. The van der Waals surface area contributed by atoms with Crippen molar-refractivity contribution in [3.63, 3.8) is 0 Å². The fraction of sp³-hybridized carbons (Fsp3) is 0.590. The van der Waals surface area contributed by atoms with E-state index in [1.807, 2.05) is 0 Å². The van der Waals surface area contributed by atoms with Gasteiger partial charge in [-0.2, -0.15) is 0 Å². The summed E-state index contributed by atoms with van der Waals surface area (Å²) in [5, 5.41) is 4.03. The minimum Gasteiger partial charge on any atom is -0.487 e. The highest BCUT2D eigenvalue weighted by molar-refractivity contribution is 5.56. The quantitative estimate of drug-likeness (QED) is 0.305. The maximum atomic E-state index is 7.25. The second kappa shape index (κ2) is 12.1. The largest absolute Gasteiger partial charge is 0.487 e. The summed E-state index contributed by atoms with van der Waals surface area (Å²) in [5.41, 5.74) is 15.0. The Morgan fingerprint density at radius 2 is 1.81 bits per heavy atom. The molecule has 0 spiro atoms. The summed E-state index contributed by atoms with van der Waals surface area (Å²) >= 11 is 0. The molecule has 0 aromatic rings. The summed E-state index contributed by atoms with van der Waals surface area (Å²) in [6, 6.07) is 1.17. The number of hydrogen-bond acceptors (Lipinski definition) is 4. The Balaban J connectivity index is 1.02. The molecule has 4 heteroatoms. The highest BCUT2D eigenvalue weighted by Gasteiger charge is 2.52. The lowest BCUT2D eigenvalue weighted by atomic mass is 9.76. The highest BCUT2D eigenvalue weighted by Crippen LogP contribution is 2.52. The van der Waals surface area contributed by atoms with Crippen LogP contribution in [0.25, 0.3) is 0 Å². The highest BCUT2D eigenvalue weighted by atomic mass is 16.5. The third-order valence-corrected chi connectivity index (χ3v) is 11.9. The van der Waals surface area contributed by atoms with E-state index in [9.17, 15) is 0 Å². The number of fused-ring (bicyclic) bond motifs is 5. The van der Waals surface area contributed by atoms with Crippen LogP contribution in [0, 0.1) is 17.8 Å². The smallest absolute Gasteiger partial charge is 0.130 e. The minimum absolute atomic E-state index is 0.127. The van der Waals surface area contributed by atoms with Gasteiger partial charge < -0.3 is 20.7 Å². The zero-order valence-electron chi connectivity index (χ0n) is 25.9. The Labute approximate surface area is 259 Å². The molecule has 7 unspecified atom stereocenters. The van der Waals surface area contributed by atoms with Crippen molar-refractivity contribution < 1.29 is 4.74 Å². The van der Waals surface area contributed by atoms with Gasteiger partial charge in [-0.05, 0) is 131 Å². The van der Waals surface area contributed by atoms with Gasteiger partial charge in [-0.1, -0.05) is 60.3 Å². The lowest BCUT2D eigenvalue weighted by Gasteiger charge is -2.44. The second-order valence-electron chi connectivity index (χ2n) is 14.4. The maximum Gasteiger partial charge on any atom is 0.130 e. The molecule has 0 saturated heterocycles. The van der Waals surface area contributed by atoms with Gasteiger partial charge >= 0.3 is 0 Å². The average Bonchev–Trinajstić information content (AvgIpc) is 3.62. The first-order valence-electron chi connectivity index (χ1n) is 17.7. The van der Waals surface area contributed by atoms with Gasteiger partial charge in [-0.3, -0.25) is 0 Å². The van der Waals surface area contributed by atoms with E-state index < -0.39 is 0 Å². The third kappa shape index (κ3) is 5.17. The fourth-order valence-corrected chi connectivity index (χ4v) is 9.64. The van der Waals surface area contributed by atoms with Crippen LogP contribution in [0.5, 0.6) is 0 Å². The number of ether oxygens (including phenoxy) is 1. The number of nitrogens with zero attached hydrogens (tertiary/aromatic N) is 1. The van der Waals surface area contributed by atoms with Crippen LogP contribution in [0.15, 0.2) is 94.5 Å². The van der Waals surface area contributed by atoms with Crippen molar-refractivity contribution in [3.8, 4) is 0 Å². The Morgan fingerprint density at radius 1 is 0.884 bits per heavy atom. The van der Waals surface area contributed by atoms with Gasteiger partial charge in [0, 0.05) is 29.7 Å². The van der Waals surface area contributed by atoms with E-state index in [-0.39, 0.29) is 12.1 Å². The number of nitrogens with one attached hydrogen (secondary N) is 1. The molecule has 0 amide bonds. The standard InChI is InChI=1S/C39H51N3O/c40-36(37(28-13-5-2-6-14-28)41-25-26-11-3-1-4-12-26)27-19-21-29(22-20-27)42-34-17-9-7-15-30(34)32-23-24-33-31-16-8-10-18-35(31)43-39(33)38(32)42/h1,3,7,10,13,15,18-19,21,23,26-27,29,33,36-39,41H,2,4-6,8-9,11-12,14,16-17,20,22,24-25,40H2/t26?,27?,29?,33?,36?,37-,38?,39?/m0/s1. The van der Waals surface area contributed by atoms with E-state index in [1.165, 1.54) is 74.7 Å². The van der Waals surface area contributed by atoms with Gasteiger partial charge in [-0.15, -0.1) is 0 Å². The molecular formula is C39H51N3O. The molecular weight excluding hydrogens is 526 g/mol. The van der Waals surface area contributed by atoms with Crippen LogP contribution in [-0.2, 0) is 4.74 Å². The molecule has 0 aromatic heterocycles. The molecule has 8 atom stereocenters. The van der Waals surface area contributed by atoms with E-state index in [0.29, 0.717) is 30.0 Å². The summed E-state index contributed by atoms with van der Waals surface area (Å²) < 4.78 is 6.84. The molecule has 228 valence electrons. The molecule has 43 heavy (non-hydrogen) atoms. The van der Waals surface area contributed by atoms with E-state index >= 15 is 0 Å². The number of rotatable bonds is 7. The predicted octanol–water partition coefficient (Wildman–Crippen LogP) is 7.70. The summed E-state index contributed by atoms with van der Waals surface area (Å²) in [4.78, 5) is 2.82. The van der Waals surface area contributed by atoms with Gasteiger partial charge in [-0.25, -0.2) is 0 Å². The molecule has 0 aromatic carbocycles. The molecule has 0 radical (unpaired) electrons. The molecule has 8 aliphatic rings. The van der Waals surface area contributed by atoms with Crippen LogP contribution in [0.4, 0.5) is 0 Å². The molecule has 0 saturated carbocycles. The molecule has 2 aliphatic heterocycles. The van der Waals surface area contributed by atoms with Crippen LogP contribution < -0.4 is 11.1 Å². The van der Waals surface area contributed by atoms with Crippen molar-refractivity contribution in [2.45, 2.75) is 120 Å². The van der Waals surface area contributed by atoms with Crippen molar-refractivity contribution in [1.29, 1.82) is 0 Å². The topological polar surface area (TPSA) is 50.5 Å². The first kappa shape index (κ1) is 28.0. The summed E-state index contributed by atoms with van der Waals surface area (Å²) in [6.07, 6.45) is 41.3. The summed E-state index contributed by atoms with van der Waals surface area (Å²) in [7, 11) is 0. The molecule has 3 N–H and O–H groups in total. The van der Waals surface area contributed by atoms with Gasteiger partial charge in [0.2, 0.25) is 0 Å². The minimum atomic E-state index is 0.127. The first-order valence-corrected chi connectivity index (χ1v) is 17.7. The van der Waals surface area contributed by atoms with Crippen molar-refractivity contribution in [3.05, 3.63) is 94.5 Å². The molecule has 4 nitrogen and oxygen atoms in total. The molecule has 2 heterocycles. The SMILES string of the molecule is NC(C1C=CC(N2C3=C(C=CCC3)C3=CCC4C5=C(C=CCC5)OC4C32)CC1)[C@@H](NCC1CC=CCC1)C1=CCCCC1. The van der Waals surface area contributed by atoms with E-state index in [4.69, 9.17) is 10.5 Å². The molecule has 8 rings (SSSR count). The monoisotopic (exact) mass is 577 g/mol. The molecule has 0 bridgehead atoms. The first-order chi connectivity index (χ1) is 21.3. The van der Waals surface area contributed by atoms with Crippen LogP contribution >= 0.6 is 0 Å². The summed E-state index contributed by atoms with van der Waals surface area (Å²) in [6.45, 7) is 1.09.